The number of nitrogens with zero attached hydrogens (tertiary/aromatic N) is 2. The quantitative estimate of drug-likeness (QED) is 0.660. The summed E-state index contributed by atoms with van der Waals surface area (Å²) in [7, 11) is 4.06. The Bertz CT molecular complexity index is 830. The second-order valence-corrected chi connectivity index (χ2v) is 8.03. The Morgan fingerprint density at radius 1 is 0.967 bits per heavy atom. The number of carbonyl (C=O) groups is 2. The number of amides is 2. The highest BCUT2D eigenvalue weighted by Crippen LogP contribution is 2.24. The maximum absolute atomic E-state index is 12.7. The van der Waals surface area contributed by atoms with Crippen LogP contribution in [0.4, 0.5) is 5.69 Å². The third kappa shape index (κ3) is 6.07. The predicted molar refractivity (Wildman–Crippen MR) is 121 cm³/mol. The van der Waals surface area contributed by atoms with Crippen LogP contribution in [0.2, 0.25) is 0 Å². The van der Waals surface area contributed by atoms with E-state index in [-0.39, 0.29) is 17.9 Å². The molecule has 1 aliphatic heterocycles. The summed E-state index contributed by atoms with van der Waals surface area (Å²) >= 11 is 0. The number of hydrogen-bond donors (Lipinski definition) is 2. The topological polar surface area (TPSA) is 64.7 Å². The zero-order valence-electron chi connectivity index (χ0n) is 17.9. The summed E-state index contributed by atoms with van der Waals surface area (Å²) in [6, 6.07) is 17.3. The molecule has 6 nitrogen and oxygen atoms in total. The predicted octanol–water partition coefficient (Wildman–Crippen LogP) is 2.77. The molecule has 2 N–H and O–H groups in total. The SMILES string of the molecule is CN(C)CCCNC(=O)c1ccccc1N1CCC(NC(=O)c2ccccc2)CC1. The van der Waals surface area contributed by atoms with Crippen molar-refractivity contribution in [1.29, 1.82) is 0 Å². The standard InChI is InChI=1S/C24H32N4O2/c1-27(2)16-8-15-25-24(30)21-11-6-7-12-22(21)28-17-13-20(14-18-28)26-23(29)19-9-4-3-5-10-19/h3-7,9-12,20H,8,13-18H2,1-2H3,(H,25,30)(H,26,29). The molecule has 0 saturated carbocycles. The van der Waals surface area contributed by atoms with Crippen molar-refractivity contribution >= 4 is 17.5 Å². The molecule has 0 spiro atoms. The van der Waals surface area contributed by atoms with Crippen LogP contribution >= 0.6 is 0 Å². The molecule has 2 aromatic rings. The van der Waals surface area contributed by atoms with Crippen molar-refractivity contribution in [1.82, 2.24) is 15.5 Å². The van der Waals surface area contributed by atoms with E-state index in [1.165, 1.54) is 0 Å². The van der Waals surface area contributed by atoms with Crippen molar-refractivity contribution in [2.24, 2.45) is 0 Å². The van der Waals surface area contributed by atoms with Crippen LogP contribution in [0, 0.1) is 0 Å². The van der Waals surface area contributed by atoms with Crippen molar-refractivity contribution in [3.8, 4) is 0 Å². The van der Waals surface area contributed by atoms with Gasteiger partial charge >= 0.3 is 0 Å². The first-order chi connectivity index (χ1) is 14.5. The number of carbonyl (C=O) groups excluding carboxylic acids is 2. The van der Waals surface area contributed by atoms with Gasteiger partial charge in [-0.15, -0.1) is 0 Å². The molecule has 2 amide bonds. The lowest BCUT2D eigenvalue weighted by molar-refractivity contribution is 0.0929. The molecular formula is C24H32N4O2. The molecule has 1 saturated heterocycles. The highest BCUT2D eigenvalue weighted by Gasteiger charge is 2.24. The lowest BCUT2D eigenvalue weighted by Gasteiger charge is -2.35. The molecule has 0 bridgehead atoms. The molecule has 1 aliphatic rings. The summed E-state index contributed by atoms with van der Waals surface area (Å²) in [5.41, 5.74) is 2.38. The maximum atomic E-state index is 12.7. The van der Waals surface area contributed by atoms with Gasteiger partial charge < -0.3 is 20.4 Å². The molecule has 0 unspecified atom stereocenters. The molecule has 30 heavy (non-hydrogen) atoms. The van der Waals surface area contributed by atoms with E-state index in [0.717, 1.165) is 44.6 Å². The Balaban J connectivity index is 1.54. The Morgan fingerprint density at radius 3 is 2.33 bits per heavy atom. The van der Waals surface area contributed by atoms with Gasteiger partial charge in [0.1, 0.15) is 0 Å². The zero-order valence-corrected chi connectivity index (χ0v) is 17.9. The molecule has 0 atom stereocenters. The minimum atomic E-state index is -0.0242. The second-order valence-electron chi connectivity index (χ2n) is 8.03. The summed E-state index contributed by atoms with van der Waals surface area (Å²) in [5, 5.41) is 6.18. The molecule has 1 heterocycles. The maximum Gasteiger partial charge on any atom is 0.253 e. The van der Waals surface area contributed by atoms with E-state index >= 15 is 0 Å². The number of hydrogen-bond acceptors (Lipinski definition) is 4. The fraction of sp³-hybridized carbons (Fsp3) is 0.417. The summed E-state index contributed by atoms with van der Waals surface area (Å²) in [5.74, 6) is -0.0459. The highest BCUT2D eigenvalue weighted by molar-refractivity contribution is 5.99. The Morgan fingerprint density at radius 2 is 1.63 bits per heavy atom. The van der Waals surface area contributed by atoms with Crippen molar-refractivity contribution in [2.75, 3.05) is 45.2 Å². The number of para-hydroxylation sites is 1. The number of anilines is 1. The van der Waals surface area contributed by atoms with Gasteiger partial charge in [0.2, 0.25) is 0 Å². The number of nitrogens with one attached hydrogen (secondary N) is 2. The largest absolute Gasteiger partial charge is 0.371 e. The zero-order chi connectivity index (χ0) is 21.3. The average molecular weight is 409 g/mol. The van der Waals surface area contributed by atoms with Crippen molar-refractivity contribution in [3.63, 3.8) is 0 Å². The molecule has 0 radical (unpaired) electrons. The van der Waals surface area contributed by atoms with E-state index in [4.69, 9.17) is 0 Å². The number of rotatable bonds is 8. The molecule has 3 rings (SSSR count). The van der Waals surface area contributed by atoms with Gasteiger partial charge in [0.25, 0.3) is 11.8 Å². The van der Waals surface area contributed by atoms with Gasteiger partial charge in [-0.1, -0.05) is 30.3 Å². The second kappa shape index (κ2) is 10.8. The van der Waals surface area contributed by atoms with Gasteiger partial charge in [0.05, 0.1) is 5.56 Å². The number of benzene rings is 2. The summed E-state index contributed by atoms with van der Waals surface area (Å²) in [4.78, 5) is 29.5. The van der Waals surface area contributed by atoms with Gasteiger partial charge in [-0.05, 0) is 64.2 Å². The first-order valence-electron chi connectivity index (χ1n) is 10.7. The van der Waals surface area contributed by atoms with E-state index in [2.05, 4.69) is 20.4 Å². The Labute approximate surface area is 179 Å². The minimum absolute atomic E-state index is 0.0217. The lowest BCUT2D eigenvalue weighted by atomic mass is 10.0. The molecule has 0 aromatic heterocycles. The summed E-state index contributed by atoms with van der Waals surface area (Å²) in [6.45, 7) is 3.23. The van der Waals surface area contributed by atoms with Gasteiger partial charge in [-0.3, -0.25) is 9.59 Å². The van der Waals surface area contributed by atoms with Crippen LogP contribution < -0.4 is 15.5 Å². The fourth-order valence-electron chi connectivity index (χ4n) is 3.76. The third-order valence-corrected chi connectivity index (χ3v) is 5.42. The van der Waals surface area contributed by atoms with E-state index in [0.29, 0.717) is 17.7 Å². The van der Waals surface area contributed by atoms with Gasteiger partial charge in [0, 0.05) is 36.9 Å². The van der Waals surface area contributed by atoms with Crippen molar-refractivity contribution < 1.29 is 9.59 Å². The highest BCUT2D eigenvalue weighted by atomic mass is 16.2. The average Bonchev–Trinajstić information content (AvgIpc) is 2.77. The van der Waals surface area contributed by atoms with Gasteiger partial charge in [-0.2, -0.15) is 0 Å². The molecule has 6 heteroatoms. The van der Waals surface area contributed by atoms with E-state index < -0.39 is 0 Å². The van der Waals surface area contributed by atoms with E-state index in [1.54, 1.807) is 0 Å². The van der Waals surface area contributed by atoms with Crippen molar-refractivity contribution in [2.45, 2.75) is 25.3 Å². The third-order valence-electron chi connectivity index (χ3n) is 5.42. The van der Waals surface area contributed by atoms with Crippen LogP contribution in [0.3, 0.4) is 0 Å². The Hall–Kier alpha value is -2.86. The van der Waals surface area contributed by atoms with E-state index in [9.17, 15) is 9.59 Å². The molecule has 160 valence electrons. The Kier molecular flexibility index (Phi) is 7.85. The number of piperidine rings is 1. The van der Waals surface area contributed by atoms with Crippen LogP contribution in [0.5, 0.6) is 0 Å². The molecule has 0 aliphatic carbocycles. The monoisotopic (exact) mass is 408 g/mol. The van der Waals surface area contributed by atoms with Gasteiger partial charge in [0.15, 0.2) is 0 Å². The molecular weight excluding hydrogens is 376 g/mol. The normalized spacial score (nSPS) is 14.6. The van der Waals surface area contributed by atoms with Crippen LogP contribution in [0.1, 0.15) is 40.0 Å². The lowest BCUT2D eigenvalue weighted by Crippen LogP contribution is -2.45. The van der Waals surface area contributed by atoms with E-state index in [1.807, 2.05) is 68.7 Å². The molecule has 1 fully saturated rings. The minimum Gasteiger partial charge on any atom is -0.371 e. The molecule has 2 aromatic carbocycles. The first-order valence-corrected chi connectivity index (χ1v) is 10.7. The van der Waals surface area contributed by atoms with Crippen LogP contribution in [0.25, 0.3) is 0 Å². The van der Waals surface area contributed by atoms with Crippen LogP contribution in [-0.4, -0.2) is 63.0 Å². The fourth-order valence-corrected chi connectivity index (χ4v) is 3.76. The summed E-state index contributed by atoms with van der Waals surface area (Å²) < 4.78 is 0. The van der Waals surface area contributed by atoms with Crippen molar-refractivity contribution in [3.05, 3.63) is 65.7 Å². The summed E-state index contributed by atoms with van der Waals surface area (Å²) in [6.07, 6.45) is 2.64. The van der Waals surface area contributed by atoms with Crippen LogP contribution in [0.15, 0.2) is 54.6 Å². The first kappa shape index (κ1) is 21.8. The van der Waals surface area contributed by atoms with Crippen LogP contribution in [-0.2, 0) is 0 Å². The van der Waals surface area contributed by atoms with Gasteiger partial charge in [-0.25, -0.2) is 0 Å². The smallest absolute Gasteiger partial charge is 0.253 e.